The van der Waals surface area contributed by atoms with Crippen LogP contribution in [0.2, 0.25) is 0 Å². The number of aromatic nitrogens is 2. The standard InChI is InChI=1S/C12H17N3/c1-9(13-2)7-10-5-4-6-12-11(10)8-14-15(12)3/h4-6,8-9,13H,7H2,1-3H3. The smallest absolute Gasteiger partial charge is 0.0681 e. The van der Waals surface area contributed by atoms with Crippen LogP contribution in [0.15, 0.2) is 24.4 Å². The van der Waals surface area contributed by atoms with Gasteiger partial charge in [-0.3, -0.25) is 4.68 Å². The molecule has 2 aromatic rings. The Labute approximate surface area is 90.1 Å². The molecule has 1 atom stereocenters. The summed E-state index contributed by atoms with van der Waals surface area (Å²) in [6, 6.07) is 6.88. The van der Waals surface area contributed by atoms with Crippen molar-refractivity contribution in [3.8, 4) is 0 Å². The van der Waals surface area contributed by atoms with Gasteiger partial charge in [0.1, 0.15) is 0 Å². The predicted octanol–water partition coefficient (Wildman–Crippen LogP) is 1.72. The Kier molecular flexibility index (Phi) is 2.73. The zero-order valence-electron chi connectivity index (χ0n) is 9.49. The molecule has 0 spiro atoms. The van der Waals surface area contributed by atoms with Crippen molar-refractivity contribution in [3.05, 3.63) is 30.0 Å². The molecule has 3 nitrogen and oxygen atoms in total. The van der Waals surface area contributed by atoms with E-state index >= 15 is 0 Å². The summed E-state index contributed by atoms with van der Waals surface area (Å²) in [5, 5.41) is 8.81. The molecule has 0 radical (unpaired) electrons. The minimum absolute atomic E-state index is 0.496. The second kappa shape index (κ2) is 4.03. The van der Waals surface area contributed by atoms with Crippen molar-refractivity contribution >= 4 is 10.9 Å². The van der Waals surface area contributed by atoms with E-state index in [4.69, 9.17) is 0 Å². The molecule has 1 heterocycles. The lowest BCUT2D eigenvalue weighted by Crippen LogP contribution is -2.23. The van der Waals surface area contributed by atoms with E-state index in [2.05, 4.69) is 35.5 Å². The van der Waals surface area contributed by atoms with E-state index in [1.807, 2.05) is 25.0 Å². The highest BCUT2D eigenvalue weighted by Gasteiger charge is 2.07. The Bertz CT molecular complexity index is 459. The zero-order valence-corrected chi connectivity index (χ0v) is 9.49. The first-order valence-corrected chi connectivity index (χ1v) is 5.29. The molecular formula is C12H17N3. The van der Waals surface area contributed by atoms with Crippen LogP contribution in [0.25, 0.3) is 10.9 Å². The molecule has 0 saturated carbocycles. The molecule has 0 amide bonds. The van der Waals surface area contributed by atoms with Gasteiger partial charge in [-0.05, 0) is 32.0 Å². The highest BCUT2D eigenvalue weighted by Crippen LogP contribution is 2.18. The molecule has 0 saturated heterocycles. The maximum absolute atomic E-state index is 4.29. The molecule has 0 bridgehead atoms. The van der Waals surface area contributed by atoms with Crippen LogP contribution < -0.4 is 5.32 Å². The fourth-order valence-electron chi connectivity index (χ4n) is 1.85. The second-order valence-electron chi connectivity index (χ2n) is 4.01. The van der Waals surface area contributed by atoms with Gasteiger partial charge in [0.15, 0.2) is 0 Å². The number of likely N-dealkylation sites (N-methyl/N-ethyl adjacent to an activating group) is 1. The van der Waals surface area contributed by atoms with Crippen molar-refractivity contribution in [1.82, 2.24) is 15.1 Å². The fraction of sp³-hybridized carbons (Fsp3) is 0.417. The highest BCUT2D eigenvalue weighted by molar-refractivity contribution is 5.82. The molecule has 0 aliphatic rings. The molecule has 2 rings (SSSR count). The third-order valence-electron chi connectivity index (χ3n) is 2.90. The van der Waals surface area contributed by atoms with Gasteiger partial charge in [-0.15, -0.1) is 0 Å². The molecule has 80 valence electrons. The molecule has 1 unspecified atom stereocenters. The van der Waals surface area contributed by atoms with Gasteiger partial charge >= 0.3 is 0 Å². The minimum atomic E-state index is 0.496. The molecule has 1 N–H and O–H groups in total. The van der Waals surface area contributed by atoms with Gasteiger partial charge in [-0.25, -0.2) is 0 Å². The lowest BCUT2D eigenvalue weighted by Gasteiger charge is -2.10. The van der Waals surface area contributed by atoms with Crippen LogP contribution in [-0.4, -0.2) is 22.9 Å². The number of rotatable bonds is 3. The first-order chi connectivity index (χ1) is 7.22. The molecule has 0 aliphatic carbocycles. The van der Waals surface area contributed by atoms with Crippen LogP contribution in [0.5, 0.6) is 0 Å². The molecule has 3 heteroatoms. The minimum Gasteiger partial charge on any atom is -0.317 e. The summed E-state index contributed by atoms with van der Waals surface area (Å²) in [7, 11) is 3.97. The summed E-state index contributed by atoms with van der Waals surface area (Å²) >= 11 is 0. The van der Waals surface area contributed by atoms with Crippen LogP contribution in [0.1, 0.15) is 12.5 Å². The maximum Gasteiger partial charge on any atom is 0.0681 e. The lowest BCUT2D eigenvalue weighted by molar-refractivity contribution is 0.610. The molecule has 1 aromatic heterocycles. The number of hydrogen-bond donors (Lipinski definition) is 1. The van der Waals surface area contributed by atoms with Crippen LogP contribution >= 0.6 is 0 Å². The highest BCUT2D eigenvalue weighted by atomic mass is 15.2. The predicted molar refractivity (Wildman–Crippen MR) is 62.9 cm³/mol. The third-order valence-corrected chi connectivity index (χ3v) is 2.90. The Morgan fingerprint density at radius 2 is 2.27 bits per heavy atom. The molecule has 0 aliphatic heterocycles. The Morgan fingerprint density at radius 3 is 3.00 bits per heavy atom. The Balaban J connectivity index is 2.43. The van der Waals surface area contributed by atoms with Gasteiger partial charge in [0.25, 0.3) is 0 Å². The zero-order chi connectivity index (χ0) is 10.8. The molecular weight excluding hydrogens is 186 g/mol. The summed E-state index contributed by atoms with van der Waals surface area (Å²) in [6.07, 6.45) is 2.99. The largest absolute Gasteiger partial charge is 0.317 e. The third kappa shape index (κ3) is 1.88. The van der Waals surface area contributed by atoms with Crippen molar-refractivity contribution in [3.63, 3.8) is 0 Å². The first kappa shape index (κ1) is 10.2. The van der Waals surface area contributed by atoms with Crippen molar-refractivity contribution in [2.45, 2.75) is 19.4 Å². The van der Waals surface area contributed by atoms with E-state index in [-0.39, 0.29) is 0 Å². The van der Waals surface area contributed by atoms with Crippen molar-refractivity contribution < 1.29 is 0 Å². The summed E-state index contributed by atoms with van der Waals surface area (Å²) in [6.45, 7) is 2.19. The molecule has 1 aromatic carbocycles. The van der Waals surface area contributed by atoms with Gasteiger partial charge in [-0.2, -0.15) is 5.10 Å². The van der Waals surface area contributed by atoms with Crippen LogP contribution in [-0.2, 0) is 13.5 Å². The van der Waals surface area contributed by atoms with E-state index in [9.17, 15) is 0 Å². The van der Waals surface area contributed by atoms with Crippen LogP contribution in [0.3, 0.4) is 0 Å². The van der Waals surface area contributed by atoms with Crippen LogP contribution in [0.4, 0.5) is 0 Å². The Morgan fingerprint density at radius 1 is 1.47 bits per heavy atom. The van der Waals surface area contributed by atoms with Crippen molar-refractivity contribution in [1.29, 1.82) is 0 Å². The number of fused-ring (bicyclic) bond motifs is 1. The lowest BCUT2D eigenvalue weighted by atomic mass is 10.0. The van der Waals surface area contributed by atoms with Crippen molar-refractivity contribution in [2.75, 3.05) is 7.05 Å². The average molecular weight is 203 g/mol. The number of aryl methyl sites for hydroxylation is 1. The molecule has 15 heavy (non-hydrogen) atoms. The maximum atomic E-state index is 4.29. The summed E-state index contributed by atoms with van der Waals surface area (Å²) in [5.41, 5.74) is 2.57. The van der Waals surface area contributed by atoms with Gasteiger partial charge in [0.05, 0.1) is 11.7 Å². The average Bonchev–Trinajstić information content (AvgIpc) is 2.62. The quantitative estimate of drug-likeness (QED) is 0.823. The fourth-order valence-corrected chi connectivity index (χ4v) is 1.85. The monoisotopic (exact) mass is 203 g/mol. The second-order valence-corrected chi connectivity index (χ2v) is 4.01. The number of benzene rings is 1. The normalized spacial score (nSPS) is 13.3. The van der Waals surface area contributed by atoms with Gasteiger partial charge in [-0.1, -0.05) is 12.1 Å². The van der Waals surface area contributed by atoms with Gasteiger partial charge in [0.2, 0.25) is 0 Å². The Hall–Kier alpha value is -1.35. The topological polar surface area (TPSA) is 29.9 Å². The van der Waals surface area contributed by atoms with E-state index in [1.54, 1.807) is 0 Å². The summed E-state index contributed by atoms with van der Waals surface area (Å²) in [4.78, 5) is 0. The van der Waals surface area contributed by atoms with Gasteiger partial charge in [0, 0.05) is 18.5 Å². The first-order valence-electron chi connectivity index (χ1n) is 5.29. The number of hydrogen-bond acceptors (Lipinski definition) is 2. The van der Waals surface area contributed by atoms with E-state index < -0.39 is 0 Å². The SMILES string of the molecule is CNC(C)Cc1cccc2c1cnn2C. The number of nitrogens with zero attached hydrogens (tertiary/aromatic N) is 2. The summed E-state index contributed by atoms with van der Waals surface area (Å²) in [5.74, 6) is 0. The van der Waals surface area contributed by atoms with Crippen LogP contribution in [0, 0.1) is 0 Å². The van der Waals surface area contributed by atoms with E-state index in [0.29, 0.717) is 6.04 Å². The molecule has 0 fully saturated rings. The number of nitrogens with one attached hydrogen (secondary N) is 1. The van der Waals surface area contributed by atoms with Crippen molar-refractivity contribution in [2.24, 2.45) is 7.05 Å². The summed E-state index contributed by atoms with van der Waals surface area (Å²) < 4.78 is 1.92. The van der Waals surface area contributed by atoms with E-state index in [0.717, 1.165) is 6.42 Å². The van der Waals surface area contributed by atoms with E-state index in [1.165, 1.54) is 16.5 Å². The van der Waals surface area contributed by atoms with Gasteiger partial charge < -0.3 is 5.32 Å².